The fourth-order valence-corrected chi connectivity index (χ4v) is 5.14. The molecule has 14 heteroatoms. The Bertz CT molecular complexity index is 1270. The molecule has 0 aromatic heterocycles. The van der Waals surface area contributed by atoms with Crippen molar-refractivity contribution in [3.8, 4) is 0 Å². The molecule has 0 heterocycles. The molecule has 0 bridgehead atoms. The lowest BCUT2D eigenvalue weighted by molar-refractivity contribution is -0.145. The molecule has 326 valence electrons. The summed E-state index contributed by atoms with van der Waals surface area (Å²) in [7, 11) is 3.20. The Morgan fingerprint density at radius 1 is 0.579 bits per heavy atom. The summed E-state index contributed by atoms with van der Waals surface area (Å²) in [5.41, 5.74) is 0.911. The molecule has 0 spiro atoms. The van der Waals surface area contributed by atoms with Crippen LogP contribution in [0.1, 0.15) is 98.5 Å². The van der Waals surface area contributed by atoms with Crippen molar-refractivity contribution in [3.05, 3.63) is 35.9 Å². The lowest BCUT2D eigenvalue weighted by Crippen LogP contribution is -2.42. The van der Waals surface area contributed by atoms with E-state index >= 15 is 0 Å². The Morgan fingerprint density at radius 3 is 1.42 bits per heavy atom. The van der Waals surface area contributed by atoms with Gasteiger partial charge in [-0.2, -0.15) is 0 Å². The number of nitrogens with one attached hydrogen (secondary N) is 2. The number of ketones is 4. The molecule has 3 N–H and O–H groups in total. The van der Waals surface area contributed by atoms with E-state index in [0.29, 0.717) is 65.3 Å². The number of carboxylic acids is 1. The second-order valence-electron chi connectivity index (χ2n) is 14.8. The normalized spacial score (nSPS) is 13.3. The van der Waals surface area contributed by atoms with Gasteiger partial charge in [0.05, 0.1) is 51.6 Å². The number of aliphatic carboxylic acids is 1. The summed E-state index contributed by atoms with van der Waals surface area (Å²) in [4.78, 5) is 72.5. The molecule has 4 atom stereocenters. The van der Waals surface area contributed by atoms with Crippen LogP contribution in [0.15, 0.2) is 30.3 Å². The molecule has 0 saturated heterocycles. The molecule has 0 aliphatic rings. The summed E-state index contributed by atoms with van der Waals surface area (Å²) in [6.45, 7) is 15.0. The summed E-state index contributed by atoms with van der Waals surface area (Å²) in [5.74, 6) is -1.06. The minimum atomic E-state index is -0.954. The smallest absolute Gasteiger partial charge is 0.306 e. The maximum Gasteiger partial charge on any atom is 0.306 e. The Kier molecular flexibility index (Phi) is 31.6. The van der Waals surface area contributed by atoms with Crippen LogP contribution in [0.4, 0.5) is 0 Å². The van der Waals surface area contributed by atoms with Crippen LogP contribution >= 0.6 is 0 Å². The summed E-state index contributed by atoms with van der Waals surface area (Å²) in [6, 6.07) is 8.26. The van der Waals surface area contributed by atoms with Crippen molar-refractivity contribution in [2.45, 2.75) is 112 Å². The zero-order valence-corrected chi connectivity index (χ0v) is 35.8. The molecule has 0 fully saturated rings. The van der Waals surface area contributed by atoms with Gasteiger partial charge in [0, 0.05) is 65.0 Å². The fraction of sp³-hybridized carbons (Fsp3) is 0.721. The predicted molar refractivity (Wildman–Crippen MR) is 218 cm³/mol. The Labute approximate surface area is 340 Å². The van der Waals surface area contributed by atoms with Gasteiger partial charge in [-0.1, -0.05) is 71.9 Å². The SMILES string of the molecule is COCCOCCCC(=O)C(CCC(=O)O)NCC(=O)[C@@H](C)C(C)C.COCCOCCCC(=O)C(CCC(=O)OCc1ccccc1)NCC(=O)[C@@H](C)C(C)C. The molecule has 0 radical (unpaired) electrons. The standard InChI is InChI=1S/C25H39NO6.C18H33NO6/c1-19(2)20(3)24(28)17-26-22(23(27)11-8-14-31-16-15-30-4)12-13-25(29)32-18-21-9-6-5-7-10-21;1-13(2)14(3)17(21)12-19-15(7-8-18(22)23)16(20)6-5-9-25-11-10-24-4/h5-7,9-10,19-20,22,26H,8,11-18H2,1-4H3;13-15,19H,5-12H2,1-4H3,(H,22,23)/t20-,22?;14-,15?/m00/s1. The highest BCUT2D eigenvalue weighted by atomic mass is 16.5. The summed E-state index contributed by atoms with van der Waals surface area (Å²) < 4.78 is 25.8. The molecule has 57 heavy (non-hydrogen) atoms. The lowest BCUT2D eigenvalue weighted by Gasteiger charge is -2.20. The van der Waals surface area contributed by atoms with Crippen molar-refractivity contribution in [1.82, 2.24) is 10.6 Å². The Hall–Kier alpha value is -3.40. The van der Waals surface area contributed by atoms with Crippen molar-refractivity contribution in [1.29, 1.82) is 0 Å². The van der Waals surface area contributed by atoms with Crippen LogP contribution in [0.5, 0.6) is 0 Å². The average Bonchev–Trinajstić information content (AvgIpc) is 3.19. The molecular weight excluding hydrogens is 736 g/mol. The summed E-state index contributed by atoms with van der Waals surface area (Å²) in [6.07, 6.45) is 2.22. The van der Waals surface area contributed by atoms with E-state index in [9.17, 15) is 28.8 Å². The zero-order chi connectivity index (χ0) is 43.0. The van der Waals surface area contributed by atoms with Crippen LogP contribution in [0, 0.1) is 23.7 Å². The van der Waals surface area contributed by atoms with Gasteiger partial charge in [0.15, 0.2) is 0 Å². The van der Waals surface area contributed by atoms with Gasteiger partial charge in [0.2, 0.25) is 0 Å². The predicted octanol–water partition coefficient (Wildman–Crippen LogP) is 5.02. The van der Waals surface area contributed by atoms with Gasteiger partial charge < -0.3 is 39.4 Å². The first-order valence-corrected chi connectivity index (χ1v) is 20.3. The zero-order valence-electron chi connectivity index (χ0n) is 35.8. The molecule has 1 aromatic carbocycles. The third-order valence-corrected chi connectivity index (χ3v) is 9.65. The van der Waals surface area contributed by atoms with Gasteiger partial charge in [-0.3, -0.25) is 28.8 Å². The van der Waals surface area contributed by atoms with E-state index in [1.165, 1.54) is 0 Å². The molecule has 0 aliphatic carbocycles. The largest absolute Gasteiger partial charge is 0.481 e. The van der Waals surface area contributed by atoms with Gasteiger partial charge in [0.1, 0.15) is 29.7 Å². The van der Waals surface area contributed by atoms with Crippen molar-refractivity contribution < 1.29 is 57.6 Å². The molecule has 0 amide bonds. The summed E-state index contributed by atoms with van der Waals surface area (Å²) in [5, 5.41) is 14.9. The van der Waals surface area contributed by atoms with Gasteiger partial charge in [-0.25, -0.2) is 0 Å². The maximum atomic E-state index is 12.7. The van der Waals surface area contributed by atoms with Gasteiger partial charge in [0.25, 0.3) is 0 Å². The highest BCUT2D eigenvalue weighted by Crippen LogP contribution is 2.13. The van der Waals surface area contributed by atoms with Crippen LogP contribution in [0.25, 0.3) is 0 Å². The Balaban J connectivity index is 0.00000114. The van der Waals surface area contributed by atoms with Gasteiger partial charge >= 0.3 is 11.9 Å². The van der Waals surface area contributed by atoms with E-state index in [2.05, 4.69) is 10.6 Å². The van der Waals surface area contributed by atoms with E-state index in [1.54, 1.807) is 14.2 Å². The van der Waals surface area contributed by atoms with Crippen LogP contribution in [0.3, 0.4) is 0 Å². The first-order valence-electron chi connectivity index (χ1n) is 20.3. The highest BCUT2D eigenvalue weighted by molar-refractivity contribution is 5.88. The van der Waals surface area contributed by atoms with Gasteiger partial charge in [-0.15, -0.1) is 0 Å². The van der Waals surface area contributed by atoms with E-state index < -0.39 is 18.1 Å². The number of hydrogen-bond donors (Lipinski definition) is 3. The quantitative estimate of drug-likeness (QED) is 0.0621. The number of esters is 1. The topological polar surface area (TPSA) is 193 Å². The van der Waals surface area contributed by atoms with E-state index in [-0.39, 0.29) is 98.2 Å². The molecule has 0 aliphatic heterocycles. The van der Waals surface area contributed by atoms with E-state index in [4.69, 9.17) is 28.8 Å². The molecule has 1 aromatic rings. The number of carbonyl (C=O) groups is 6. The van der Waals surface area contributed by atoms with Crippen molar-refractivity contribution in [2.75, 3.05) is 67.0 Å². The van der Waals surface area contributed by atoms with Crippen LogP contribution in [-0.4, -0.2) is 119 Å². The summed E-state index contributed by atoms with van der Waals surface area (Å²) >= 11 is 0. The lowest BCUT2D eigenvalue weighted by atomic mass is 9.93. The number of Topliss-reactive ketones (excluding diaryl/α,β-unsaturated/α-hetero) is 4. The number of ether oxygens (including phenoxy) is 5. The highest BCUT2D eigenvalue weighted by Gasteiger charge is 2.24. The second kappa shape index (κ2) is 33.6. The number of methoxy groups -OCH3 is 2. The van der Waals surface area contributed by atoms with Crippen LogP contribution in [0.2, 0.25) is 0 Å². The number of benzene rings is 1. The minimum Gasteiger partial charge on any atom is -0.481 e. The maximum absolute atomic E-state index is 12.7. The first-order chi connectivity index (χ1) is 27.1. The van der Waals surface area contributed by atoms with Crippen LogP contribution in [-0.2, 0) is 59.1 Å². The molecular formula is C43H72N2O12. The first kappa shape index (κ1) is 53.6. The monoisotopic (exact) mass is 809 g/mol. The fourth-order valence-electron chi connectivity index (χ4n) is 5.14. The number of hydrogen-bond acceptors (Lipinski definition) is 13. The number of carboxylic acid groups (broad SMARTS) is 1. The third kappa shape index (κ3) is 27.8. The number of rotatable bonds is 34. The third-order valence-electron chi connectivity index (χ3n) is 9.65. The van der Waals surface area contributed by atoms with Crippen molar-refractivity contribution >= 4 is 35.1 Å². The molecule has 1 rings (SSSR count). The molecule has 14 nitrogen and oxygen atoms in total. The van der Waals surface area contributed by atoms with Crippen LogP contribution < -0.4 is 10.6 Å². The number of carbonyl (C=O) groups excluding carboxylic acids is 5. The molecule has 0 saturated carbocycles. The second-order valence-corrected chi connectivity index (χ2v) is 14.8. The Morgan fingerprint density at radius 2 is 1.02 bits per heavy atom. The van der Waals surface area contributed by atoms with Gasteiger partial charge in [-0.05, 0) is 43.1 Å². The van der Waals surface area contributed by atoms with E-state index in [0.717, 1.165) is 5.56 Å². The van der Waals surface area contributed by atoms with Crippen molar-refractivity contribution in [2.24, 2.45) is 23.7 Å². The van der Waals surface area contributed by atoms with Crippen molar-refractivity contribution in [3.63, 3.8) is 0 Å². The van der Waals surface area contributed by atoms with E-state index in [1.807, 2.05) is 71.9 Å². The minimum absolute atomic E-state index is 0.0267. The average molecular weight is 809 g/mol. The molecule has 2 unspecified atom stereocenters.